The Kier molecular flexibility index (Phi) is 12.6. The highest BCUT2D eigenvalue weighted by Gasteiger charge is 2.25. The molecule has 0 spiro atoms. The Labute approximate surface area is 280 Å². The number of unbranched alkanes of at least 4 members (excludes halogenated alkanes) is 1. The Morgan fingerprint density at radius 3 is 2.19 bits per heavy atom. The normalized spacial score (nSPS) is 16.5. The number of likely N-dealkylation sites (tertiary alicyclic amines) is 2. The highest BCUT2D eigenvalue weighted by atomic mass is 16.6. The molecule has 1 N–H and O–H groups in total. The van der Waals surface area contributed by atoms with E-state index in [0.717, 1.165) is 101 Å². The monoisotopic (exact) mass is 638 g/mol. The van der Waals surface area contributed by atoms with Crippen LogP contribution in [0.2, 0.25) is 0 Å². The second-order valence-corrected chi connectivity index (χ2v) is 13.0. The highest BCUT2D eigenvalue weighted by molar-refractivity contribution is 5.94. The Bertz CT molecular complexity index is 1450. The topological polar surface area (TPSA) is 82.2 Å². The van der Waals surface area contributed by atoms with E-state index in [4.69, 9.17) is 4.74 Å². The second-order valence-electron chi connectivity index (χ2n) is 13.0. The first-order chi connectivity index (χ1) is 22.9. The number of para-hydroxylation sites is 1. The molecule has 0 bridgehead atoms. The first kappa shape index (κ1) is 34.3. The summed E-state index contributed by atoms with van der Waals surface area (Å²) < 4.78 is 5.78. The zero-order valence-electron chi connectivity index (χ0n) is 28.0. The van der Waals surface area contributed by atoms with E-state index in [1.54, 1.807) is 4.90 Å². The van der Waals surface area contributed by atoms with Crippen LogP contribution in [0.15, 0.2) is 78.9 Å². The van der Waals surface area contributed by atoms with Crippen LogP contribution in [0.1, 0.15) is 67.8 Å². The van der Waals surface area contributed by atoms with Gasteiger partial charge in [-0.25, -0.2) is 4.79 Å². The van der Waals surface area contributed by atoms with Crippen LogP contribution in [0.25, 0.3) is 11.1 Å². The van der Waals surface area contributed by atoms with Gasteiger partial charge in [-0.3, -0.25) is 19.8 Å². The molecule has 8 nitrogen and oxygen atoms in total. The lowest BCUT2D eigenvalue weighted by Crippen LogP contribution is -2.42. The largest absolute Gasteiger partial charge is 0.446 e. The summed E-state index contributed by atoms with van der Waals surface area (Å²) in [5, 5.41) is 2.94. The molecule has 0 aliphatic carbocycles. The number of rotatable bonds is 13. The lowest BCUT2D eigenvalue weighted by Gasteiger charge is -2.32. The van der Waals surface area contributed by atoms with Crippen LogP contribution in [0.3, 0.4) is 0 Å². The Morgan fingerprint density at radius 1 is 0.830 bits per heavy atom. The average molecular weight is 639 g/mol. The van der Waals surface area contributed by atoms with Gasteiger partial charge in [0.25, 0.3) is 5.91 Å². The molecule has 3 aromatic rings. The van der Waals surface area contributed by atoms with Crippen molar-refractivity contribution in [2.24, 2.45) is 5.92 Å². The minimum atomic E-state index is -0.429. The quantitative estimate of drug-likeness (QED) is 0.215. The van der Waals surface area contributed by atoms with Crippen LogP contribution in [0.4, 0.5) is 10.5 Å². The van der Waals surface area contributed by atoms with Gasteiger partial charge in [0.05, 0.1) is 5.69 Å². The fraction of sp³-hybridized carbons (Fsp3) is 0.462. The van der Waals surface area contributed by atoms with E-state index >= 15 is 0 Å². The smallest absolute Gasteiger partial charge is 0.411 e. The first-order valence-corrected chi connectivity index (χ1v) is 17.3. The van der Waals surface area contributed by atoms with Crippen LogP contribution in [0.5, 0.6) is 0 Å². The van der Waals surface area contributed by atoms with Crippen LogP contribution in [-0.4, -0.2) is 84.9 Å². The van der Waals surface area contributed by atoms with Crippen LogP contribution in [0, 0.1) is 5.92 Å². The van der Waals surface area contributed by atoms with Crippen LogP contribution < -0.4 is 5.32 Å². The number of carbonyl (C=O) groups excluding carboxylic acids is 3. The van der Waals surface area contributed by atoms with Gasteiger partial charge in [0.2, 0.25) is 0 Å². The van der Waals surface area contributed by atoms with Gasteiger partial charge < -0.3 is 14.5 Å². The van der Waals surface area contributed by atoms with Crippen LogP contribution in [-0.2, 0) is 16.1 Å². The van der Waals surface area contributed by atoms with Crippen molar-refractivity contribution in [3.8, 4) is 11.1 Å². The Balaban J connectivity index is 0.996. The molecule has 0 unspecified atom stereocenters. The van der Waals surface area contributed by atoms with Gasteiger partial charge in [-0.1, -0.05) is 74.0 Å². The maximum Gasteiger partial charge on any atom is 0.411 e. The summed E-state index contributed by atoms with van der Waals surface area (Å²) in [7, 11) is 1.86. The molecular weight excluding hydrogens is 588 g/mol. The number of likely N-dealkylation sites (N-methyl/N-ethyl adjacent to an activating group) is 1. The van der Waals surface area contributed by atoms with E-state index in [1.165, 1.54) is 5.56 Å². The van der Waals surface area contributed by atoms with Crippen molar-refractivity contribution in [2.75, 3.05) is 51.6 Å². The van der Waals surface area contributed by atoms with Crippen molar-refractivity contribution in [2.45, 2.75) is 64.5 Å². The molecule has 2 fully saturated rings. The number of anilines is 1. The minimum Gasteiger partial charge on any atom is -0.446 e. The van der Waals surface area contributed by atoms with Gasteiger partial charge in [0, 0.05) is 63.2 Å². The van der Waals surface area contributed by atoms with Gasteiger partial charge in [0.1, 0.15) is 11.9 Å². The molecule has 8 heteroatoms. The summed E-state index contributed by atoms with van der Waals surface area (Å²) in [5.74, 6) is 0.695. The van der Waals surface area contributed by atoms with E-state index in [2.05, 4.69) is 34.2 Å². The number of ether oxygens (including phenoxy) is 1. The first-order valence-electron chi connectivity index (χ1n) is 17.3. The number of nitrogens with zero attached hydrogens (tertiary/aromatic N) is 3. The number of hydrogen-bond acceptors (Lipinski definition) is 6. The molecule has 250 valence electrons. The number of ketones is 1. The van der Waals surface area contributed by atoms with Gasteiger partial charge in [0.15, 0.2) is 0 Å². The Morgan fingerprint density at radius 2 is 1.49 bits per heavy atom. The lowest BCUT2D eigenvalue weighted by atomic mass is 9.90. The number of benzene rings is 3. The molecule has 5 rings (SSSR count). The molecule has 0 atom stereocenters. The molecule has 47 heavy (non-hydrogen) atoms. The summed E-state index contributed by atoms with van der Waals surface area (Å²) in [6, 6.07) is 25.7. The predicted octanol–water partition coefficient (Wildman–Crippen LogP) is 7.11. The maximum atomic E-state index is 13.1. The summed E-state index contributed by atoms with van der Waals surface area (Å²) >= 11 is 0. The zero-order chi connectivity index (χ0) is 33.0. The molecule has 2 aliphatic heterocycles. The molecular formula is C39H50N4O4. The van der Waals surface area contributed by atoms with E-state index in [9.17, 15) is 14.4 Å². The average Bonchev–Trinajstić information content (AvgIpc) is 3.11. The van der Waals surface area contributed by atoms with Gasteiger partial charge in [-0.15, -0.1) is 0 Å². The third kappa shape index (κ3) is 9.99. The Hall–Kier alpha value is -4.01. The summed E-state index contributed by atoms with van der Waals surface area (Å²) in [6.07, 6.45) is 5.67. The van der Waals surface area contributed by atoms with Gasteiger partial charge in [-0.05, 0) is 74.5 Å². The standard InChI is InChI=1S/C39H50N4O4/c1-3-4-14-37(44)32-19-23-43(24-20-32)29-30-15-17-33(18-16-30)38(45)41(2)27-28-42-25-21-34(22-26-42)47-39(46)40-36-13-9-8-12-35(36)31-10-6-5-7-11-31/h5-13,15-18,32,34H,3-4,14,19-29H2,1-2H3,(H,40,46). The minimum absolute atomic E-state index is 0.0219. The predicted molar refractivity (Wildman–Crippen MR) is 187 cm³/mol. The molecule has 2 heterocycles. The van der Waals surface area contributed by atoms with Crippen molar-refractivity contribution in [3.05, 3.63) is 90.0 Å². The molecule has 2 saturated heterocycles. The number of nitrogens with one attached hydrogen (secondary N) is 1. The molecule has 2 amide bonds. The molecule has 0 aromatic heterocycles. The summed E-state index contributed by atoms with van der Waals surface area (Å²) in [6.45, 7) is 7.93. The van der Waals surface area contributed by atoms with Crippen LogP contribution >= 0.6 is 0 Å². The number of amides is 2. The molecule has 3 aromatic carbocycles. The van der Waals surface area contributed by atoms with E-state index in [1.807, 2.05) is 73.8 Å². The number of carbonyl (C=O) groups is 3. The molecule has 0 radical (unpaired) electrons. The molecule has 0 saturated carbocycles. The van der Waals surface area contributed by atoms with Gasteiger partial charge in [-0.2, -0.15) is 0 Å². The lowest BCUT2D eigenvalue weighted by molar-refractivity contribution is -0.124. The summed E-state index contributed by atoms with van der Waals surface area (Å²) in [5.41, 5.74) is 4.62. The van der Waals surface area contributed by atoms with Crippen molar-refractivity contribution >= 4 is 23.5 Å². The van der Waals surface area contributed by atoms with Gasteiger partial charge >= 0.3 is 6.09 Å². The van der Waals surface area contributed by atoms with E-state index < -0.39 is 6.09 Å². The van der Waals surface area contributed by atoms with E-state index in [0.29, 0.717) is 17.9 Å². The number of Topliss-reactive ketones (excluding diaryl/α,β-unsaturated/α-hetero) is 1. The third-order valence-electron chi connectivity index (χ3n) is 9.58. The fourth-order valence-corrected chi connectivity index (χ4v) is 6.60. The fourth-order valence-electron chi connectivity index (χ4n) is 6.60. The molecule has 2 aliphatic rings. The third-order valence-corrected chi connectivity index (χ3v) is 9.58. The number of piperidine rings is 2. The highest BCUT2D eigenvalue weighted by Crippen LogP contribution is 2.28. The second kappa shape index (κ2) is 17.2. The van der Waals surface area contributed by atoms with Crippen molar-refractivity contribution in [1.29, 1.82) is 0 Å². The van der Waals surface area contributed by atoms with Crippen molar-refractivity contribution in [3.63, 3.8) is 0 Å². The number of hydrogen-bond donors (Lipinski definition) is 1. The van der Waals surface area contributed by atoms with Crippen molar-refractivity contribution < 1.29 is 19.1 Å². The SMILES string of the molecule is CCCCC(=O)C1CCN(Cc2ccc(C(=O)N(C)CCN3CCC(OC(=O)Nc4ccccc4-c4ccccc4)CC3)cc2)CC1. The van der Waals surface area contributed by atoms with Crippen molar-refractivity contribution in [1.82, 2.24) is 14.7 Å². The summed E-state index contributed by atoms with van der Waals surface area (Å²) in [4.78, 5) is 44.8. The zero-order valence-corrected chi connectivity index (χ0v) is 28.0. The van der Waals surface area contributed by atoms with E-state index in [-0.39, 0.29) is 17.9 Å². The maximum absolute atomic E-state index is 13.1.